The standard InChI is InChI=1S/C23H23FN2OS/c1-17-5-2-3-6-19(17)13-26-12-4-7-22(26)23-25-21(14-27-23)16-28-15-18-8-10-20(24)11-9-18/h2-12,21H,13-16H2,1H3. The molecule has 1 aliphatic rings. The van der Waals surface area contributed by atoms with Crippen LogP contribution in [0.25, 0.3) is 0 Å². The second-order valence-corrected chi connectivity index (χ2v) is 8.02. The van der Waals surface area contributed by atoms with Crippen molar-refractivity contribution in [2.75, 3.05) is 12.4 Å². The van der Waals surface area contributed by atoms with Crippen molar-refractivity contribution in [3.63, 3.8) is 0 Å². The average Bonchev–Trinajstić information content (AvgIpc) is 3.34. The summed E-state index contributed by atoms with van der Waals surface area (Å²) in [5, 5.41) is 0. The van der Waals surface area contributed by atoms with Crippen LogP contribution in [0.5, 0.6) is 0 Å². The molecule has 3 nitrogen and oxygen atoms in total. The number of thioether (sulfide) groups is 1. The van der Waals surface area contributed by atoms with Gasteiger partial charge in [-0.25, -0.2) is 9.38 Å². The topological polar surface area (TPSA) is 26.5 Å². The molecule has 0 bridgehead atoms. The van der Waals surface area contributed by atoms with Crippen molar-refractivity contribution < 1.29 is 9.13 Å². The maximum atomic E-state index is 13.0. The number of rotatable bonds is 7. The van der Waals surface area contributed by atoms with E-state index in [1.807, 2.05) is 18.2 Å². The third-order valence-electron chi connectivity index (χ3n) is 4.86. The lowest BCUT2D eigenvalue weighted by Gasteiger charge is -2.11. The van der Waals surface area contributed by atoms with Crippen LogP contribution < -0.4 is 0 Å². The summed E-state index contributed by atoms with van der Waals surface area (Å²) >= 11 is 1.80. The summed E-state index contributed by atoms with van der Waals surface area (Å²) in [6.07, 6.45) is 2.07. The molecule has 0 fully saturated rings. The van der Waals surface area contributed by atoms with E-state index in [-0.39, 0.29) is 11.9 Å². The van der Waals surface area contributed by atoms with Crippen molar-refractivity contribution >= 4 is 17.7 Å². The van der Waals surface area contributed by atoms with Gasteiger partial charge in [0.15, 0.2) is 0 Å². The van der Waals surface area contributed by atoms with Crippen LogP contribution in [0.2, 0.25) is 0 Å². The first kappa shape index (κ1) is 18.8. The van der Waals surface area contributed by atoms with Crippen LogP contribution >= 0.6 is 11.8 Å². The van der Waals surface area contributed by atoms with Crippen molar-refractivity contribution in [2.45, 2.75) is 25.3 Å². The average molecular weight is 395 g/mol. The molecule has 1 aromatic heterocycles. The lowest BCUT2D eigenvalue weighted by Crippen LogP contribution is -2.11. The molecule has 1 unspecified atom stereocenters. The molecule has 1 atom stereocenters. The predicted octanol–water partition coefficient (Wildman–Crippen LogP) is 5.06. The zero-order valence-electron chi connectivity index (χ0n) is 15.8. The van der Waals surface area contributed by atoms with E-state index in [9.17, 15) is 4.39 Å². The Kier molecular flexibility index (Phi) is 5.81. The lowest BCUT2D eigenvalue weighted by atomic mass is 10.1. The molecular formula is C23H23FN2OS. The van der Waals surface area contributed by atoms with Crippen LogP contribution in [0.4, 0.5) is 4.39 Å². The van der Waals surface area contributed by atoms with E-state index < -0.39 is 0 Å². The molecule has 144 valence electrons. The number of aromatic nitrogens is 1. The van der Waals surface area contributed by atoms with Crippen LogP contribution in [0.15, 0.2) is 71.9 Å². The molecule has 0 N–H and O–H groups in total. The third-order valence-corrected chi connectivity index (χ3v) is 6.01. The van der Waals surface area contributed by atoms with Gasteiger partial charge in [-0.3, -0.25) is 0 Å². The highest BCUT2D eigenvalue weighted by atomic mass is 32.2. The summed E-state index contributed by atoms with van der Waals surface area (Å²) in [7, 11) is 0. The van der Waals surface area contributed by atoms with Crippen molar-refractivity contribution in [3.8, 4) is 0 Å². The smallest absolute Gasteiger partial charge is 0.233 e. The molecule has 28 heavy (non-hydrogen) atoms. The van der Waals surface area contributed by atoms with Gasteiger partial charge in [0.2, 0.25) is 5.90 Å². The van der Waals surface area contributed by atoms with Gasteiger partial charge in [-0.1, -0.05) is 36.4 Å². The van der Waals surface area contributed by atoms with Gasteiger partial charge in [0, 0.05) is 24.2 Å². The highest BCUT2D eigenvalue weighted by Crippen LogP contribution is 2.20. The van der Waals surface area contributed by atoms with Gasteiger partial charge < -0.3 is 9.30 Å². The fourth-order valence-electron chi connectivity index (χ4n) is 3.25. The van der Waals surface area contributed by atoms with Crippen molar-refractivity contribution in [3.05, 3.63) is 95.1 Å². The Morgan fingerprint density at radius 3 is 2.75 bits per heavy atom. The van der Waals surface area contributed by atoms with E-state index in [0.29, 0.717) is 6.61 Å². The summed E-state index contributed by atoms with van der Waals surface area (Å²) in [6.45, 7) is 3.55. The molecule has 1 aliphatic heterocycles. The third kappa shape index (κ3) is 4.47. The van der Waals surface area contributed by atoms with Crippen LogP contribution in [-0.2, 0) is 17.0 Å². The first-order valence-corrected chi connectivity index (χ1v) is 10.6. The van der Waals surface area contributed by atoms with Gasteiger partial charge in [-0.2, -0.15) is 11.8 Å². The molecule has 0 radical (unpaired) electrons. The second-order valence-electron chi connectivity index (χ2n) is 6.99. The molecule has 0 saturated heterocycles. The van der Waals surface area contributed by atoms with E-state index >= 15 is 0 Å². The van der Waals surface area contributed by atoms with Crippen LogP contribution in [0.1, 0.15) is 22.4 Å². The van der Waals surface area contributed by atoms with E-state index in [4.69, 9.17) is 9.73 Å². The largest absolute Gasteiger partial charge is 0.474 e. The summed E-state index contributed by atoms with van der Waals surface area (Å²) in [6, 6.07) is 19.4. The van der Waals surface area contributed by atoms with E-state index in [1.54, 1.807) is 11.8 Å². The molecule has 2 heterocycles. The SMILES string of the molecule is Cc1ccccc1Cn1cccc1C1=NC(CSCc2ccc(F)cc2)CO1. The summed E-state index contributed by atoms with van der Waals surface area (Å²) < 4.78 is 21.1. The number of nitrogens with zero attached hydrogens (tertiary/aromatic N) is 2. The quantitative estimate of drug-likeness (QED) is 0.560. The minimum atomic E-state index is -0.194. The maximum Gasteiger partial charge on any atom is 0.233 e. The number of hydrogen-bond acceptors (Lipinski definition) is 3. The van der Waals surface area contributed by atoms with Gasteiger partial charge in [0.1, 0.15) is 18.1 Å². The number of benzene rings is 2. The van der Waals surface area contributed by atoms with E-state index in [1.165, 1.54) is 23.3 Å². The van der Waals surface area contributed by atoms with Crippen molar-refractivity contribution in [1.82, 2.24) is 4.57 Å². The van der Waals surface area contributed by atoms with Gasteiger partial charge in [-0.15, -0.1) is 0 Å². The predicted molar refractivity (Wildman–Crippen MR) is 114 cm³/mol. The van der Waals surface area contributed by atoms with Crippen LogP contribution in [-0.4, -0.2) is 28.9 Å². The lowest BCUT2D eigenvalue weighted by molar-refractivity contribution is 0.323. The monoisotopic (exact) mass is 394 g/mol. The highest BCUT2D eigenvalue weighted by Gasteiger charge is 2.22. The molecule has 0 aliphatic carbocycles. The summed E-state index contributed by atoms with van der Waals surface area (Å²) in [4.78, 5) is 4.79. The first-order chi connectivity index (χ1) is 13.7. The fourth-order valence-corrected chi connectivity index (χ4v) is 4.24. The van der Waals surface area contributed by atoms with E-state index in [0.717, 1.165) is 35.2 Å². The summed E-state index contributed by atoms with van der Waals surface area (Å²) in [5.74, 6) is 2.27. The molecule has 2 aromatic carbocycles. The Morgan fingerprint density at radius 1 is 1.11 bits per heavy atom. The minimum Gasteiger partial charge on any atom is -0.474 e. The zero-order chi connectivity index (χ0) is 19.3. The van der Waals surface area contributed by atoms with E-state index in [2.05, 4.69) is 48.0 Å². The Morgan fingerprint density at radius 2 is 1.93 bits per heavy atom. The molecule has 3 aromatic rings. The highest BCUT2D eigenvalue weighted by molar-refractivity contribution is 7.98. The van der Waals surface area contributed by atoms with Gasteiger partial charge in [0.05, 0.1) is 6.04 Å². The number of halogens is 1. The molecule has 5 heteroatoms. The number of ether oxygens (including phenoxy) is 1. The Bertz CT molecular complexity index is 965. The number of aryl methyl sites for hydroxylation is 1. The number of aliphatic imine (C=N–C) groups is 1. The van der Waals surface area contributed by atoms with Gasteiger partial charge in [0.25, 0.3) is 0 Å². The normalized spacial score (nSPS) is 16.1. The fraction of sp³-hybridized carbons (Fsp3) is 0.261. The van der Waals surface area contributed by atoms with Crippen molar-refractivity contribution in [1.29, 1.82) is 0 Å². The van der Waals surface area contributed by atoms with Crippen LogP contribution in [0.3, 0.4) is 0 Å². The van der Waals surface area contributed by atoms with Gasteiger partial charge >= 0.3 is 0 Å². The minimum absolute atomic E-state index is 0.155. The zero-order valence-corrected chi connectivity index (χ0v) is 16.7. The van der Waals surface area contributed by atoms with Crippen molar-refractivity contribution in [2.24, 2.45) is 4.99 Å². The second kappa shape index (κ2) is 8.65. The van der Waals surface area contributed by atoms with Crippen LogP contribution in [0, 0.1) is 12.7 Å². The Hall–Kier alpha value is -2.53. The molecule has 0 saturated carbocycles. The summed E-state index contributed by atoms with van der Waals surface area (Å²) in [5.41, 5.74) is 4.73. The molecular weight excluding hydrogens is 371 g/mol. The molecule has 0 amide bonds. The molecule has 4 rings (SSSR count). The first-order valence-electron chi connectivity index (χ1n) is 9.42. The van der Waals surface area contributed by atoms with Gasteiger partial charge in [-0.05, 0) is 47.9 Å². The number of hydrogen-bond donors (Lipinski definition) is 0. The Labute approximate surface area is 169 Å². The Balaban J connectivity index is 1.37. The molecule has 0 spiro atoms. The maximum absolute atomic E-state index is 13.0.